The lowest BCUT2D eigenvalue weighted by molar-refractivity contribution is -0.384. The van der Waals surface area contributed by atoms with E-state index in [1.165, 1.54) is 12.1 Å². The van der Waals surface area contributed by atoms with Gasteiger partial charge in [-0.3, -0.25) is 14.9 Å². The van der Waals surface area contributed by atoms with E-state index in [-0.39, 0.29) is 18.0 Å². The van der Waals surface area contributed by atoms with Crippen LogP contribution < -0.4 is 4.74 Å². The van der Waals surface area contributed by atoms with E-state index in [0.29, 0.717) is 18.8 Å². The Morgan fingerprint density at radius 2 is 2.26 bits per heavy atom. The van der Waals surface area contributed by atoms with Crippen molar-refractivity contribution in [2.75, 3.05) is 6.61 Å². The molecule has 0 amide bonds. The number of non-ortho nitro benzene ring substituents is 1. The van der Waals surface area contributed by atoms with Crippen LogP contribution in [0.5, 0.6) is 5.75 Å². The van der Waals surface area contributed by atoms with Crippen LogP contribution in [0.4, 0.5) is 5.69 Å². The van der Waals surface area contributed by atoms with Crippen LogP contribution in [0.2, 0.25) is 0 Å². The summed E-state index contributed by atoms with van der Waals surface area (Å²) in [4.78, 5) is 20.5. The number of carboxylic acid groups (broad SMARTS) is 1. The number of carbonyl (C=O) groups is 1. The van der Waals surface area contributed by atoms with Crippen molar-refractivity contribution in [2.45, 2.75) is 26.2 Å². The number of nitrogens with zero attached hydrogens (tertiary/aromatic N) is 1. The Bertz CT molecular complexity index is 446. The van der Waals surface area contributed by atoms with Crippen molar-refractivity contribution in [3.05, 3.63) is 34.4 Å². The van der Waals surface area contributed by atoms with Gasteiger partial charge in [0.1, 0.15) is 5.75 Å². The molecule has 0 saturated heterocycles. The zero-order valence-corrected chi connectivity index (χ0v) is 10.7. The highest BCUT2D eigenvalue weighted by atomic mass is 16.6. The maximum atomic E-state index is 10.6. The Balaban J connectivity index is 2.37. The Kier molecular flexibility index (Phi) is 5.78. The lowest BCUT2D eigenvalue weighted by Gasteiger charge is -2.12. The summed E-state index contributed by atoms with van der Waals surface area (Å²) in [6.45, 7) is 2.37. The smallest absolute Gasteiger partial charge is 0.303 e. The molecule has 1 rings (SSSR count). The molecule has 0 aromatic heterocycles. The molecule has 0 spiro atoms. The second-order valence-electron chi connectivity index (χ2n) is 4.46. The average Bonchev–Trinajstić information content (AvgIpc) is 2.36. The third-order valence-corrected chi connectivity index (χ3v) is 2.65. The van der Waals surface area contributed by atoms with E-state index >= 15 is 0 Å². The van der Waals surface area contributed by atoms with Gasteiger partial charge >= 0.3 is 5.97 Å². The number of aliphatic carboxylic acids is 1. The van der Waals surface area contributed by atoms with E-state index in [4.69, 9.17) is 9.84 Å². The Labute approximate surface area is 111 Å². The summed E-state index contributed by atoms with van der Waals surface area (Å²) in [6.07, 6.45) is 1.51. The summed E-state index contributed by atoms with van der Waals surface area (Å²) in [5.74, 6) is -0.135. The van der Waals surface area contributed by atoms with Crippen molar-refractivity contribution >= 4 is 11.7 Å². The molecule has 1 aromatic rings. The fraction of sp³-hybridized carbons (Fsp3) is 0.462. The van der Waals surface area contributed by atoms with Gasteiger partial charge in [-0.1, -0.05) is 13.0 Å². The first-order valence-corrected chi connectivity index (χ1v) is 6.08. The number of benzene rings is 1. The lowest BCUT2D eigenvalue weighted by atomic mass is 10.1. The second kappa shape index (κ2) is 7.35. The number of nitro groups is 1. The molecule has 0 aliphatic carbocycles. The summed E-state index contributed by atoms with van der Waals surface area (Å²) in [6, 6.07) is 6.02. The Hall–Kier alpha value is -2.11. The number of hydrogen-bond acceptors (Lipinski definition) is 4. The van der Waals surface area contributed by atoms with Gasteiger partial charge in [-0.05, 0) is 24.8 Å². The maximum Gasteiger partial charge on any atom is 0.303 e. The summed E-state index contributed by atoms with van der Waals surface area (Å²) in [5, 5.41) is 19.1. The van der Waals surface area contributed by atoms with Gasteiger partial charge in [0, 0.05) is 12.5 Å². The monoisotopic (exact) mass is 267 g/mol. The molecule has 1 aromatic carbocycles. The normalized spacial score (nSPS) is 11.8. The highest BCUT2D eigenvalue weighted by molar-refractivity contribution is 5.66. The third-order valence-electron chi connectivity index (χ3n) is 2.65. The fourth-order valence-corrected chi connectivity index (χ4v) is 1.61. The van der Waals surface area contributed by atoms with Crippen molar-refractivity contribution in [2.24, 2.45) is 5.92 Å². The zero-order chi connectivity index (χ0) is 14.3. The van der Waals surface area contributed by atoms with Crippen molar-refractivity contribution in [1.82, 2.24) is 0 Å². The molecule has 1 unspecified atom stereocenters. The van der Waals surface area contributed by atoms with Gasteiger partial charge < -0.3 is 9.84 Å². The molecule has 19 heavy (non-hydrogen) atoms. The summed E-state index contributed by atoms with van der Waals surface area (Å²) < 4.78 is 5.46. The van der Waals surface area contributed by atoms with Crippen LogP contribution in [-0.4, -0.2) is 22.6 Å². The minimum atomic E-state index is -0.799. The molecule has 0 heterocycles. The molecule has 0 fully saturated rings. The third kappa shape index (κ3) is 5.85. The van der Waals surface area contributed by atoms with Crippen LogP contribution in [0, 0.1) is 16.0 Å². The molecular formula is C13H17NO5. The first-order valence-electron chi connectivity index (χ1n) is 6.08. The van der Waals surface area contributed by atoms with E-state index in [2.05, 4.69) is 0 Å². The molecule has 1 atom stereocenters. The van der Waals surface area contributed by atoms with Gasteiger partial charge in [0.25, 0.3) is 5.69 Å². The van der Waals surface area contributed by atoms with Crippen molar-refractivity contribution < 1.29 is 19.6 Å². The fourth-order valence-electron chi connectivity index (χ4n) is 1.61. The van der Waals surface area contributed by atoms with Gasteiger partial charge in [0.2, 0.25) is 0 Å². The minimum absolute atomic E-state index is 0.00368. The maximum absolute atomic E-state index is 10.6. The quantitative estimate of drug-likeness (QED) is 0.577. The number of rotatable bonds is 8. The number of nitro benzene ring substituents is 1. The van der Waals surface area contributed by atoms with E-state index in [1.807, 2.05) is 6.92 Å². The van der Waals surface area contributed by atoms with Crippen LogP contribution in [0.25, 0.3) is 0 Å². The van der Waals surface area contributed by atoms with Gasteiger partial charge in [0.15, 0.2) is 0 Å². The minimum Gasteiger partial charge on any atom is -0.493 e. The van der Waals surface area contributed by atoms with E-state index in [9.17, 15) is 14.9 Å². The Morgan fingerprint density at radius 3 is 2.89 bits per heavy atom. The topological polar surface area (TPSA) is 89.7 Å². The van der Waals surface area contributed by atoms with Crippen LogP contribution in [0.1, 0.15) is 26.2 Å². The predicted molar refractivity (Wildman–Crippen MR) is 69.2 cm³/mol. The summed E-state index contributed by atoms with van der Waals surface area (Å²) in [7, 11) is 0. The molecule has 6 heteroatoms. The molecule has 0 aliphatic rings. The van der Waals surface area contributed by atoms with Crippen molar-refractivity contribution in [3.8, 4) is 5.75 Å². The second-order valence-corrected chi connectivity index (χ2v) is 4.46. The molecule has 0 saturated carbocycles. The van der Waals surface area contributed by atoms with Crippen LogP contribution in [-0.2, 0) is 4.79 Å². The number of ether oxygens (including phenoxy) is 1. The summed E-state index contributed by atoms with van der Waals surface area (Å²) >= 11 is 0. The van der Waals surface area contributed by atoms with Gasteiger partial charge in [0.05, 0.1) is 17.6 Å². The summed E-state index contributed by atoms with van der Waals surface area (Å²) in [5.41, 5.74) is -0.00368. The molecule has 104 valence electrons. The largest absolute Gasteiger partial charge is 0.493 e. The number of hydrogen-bond donors (Lipinski definition) is 1. The standard InChI is InChI=1S/C13H17NO5/c1-10(4-2-7-13(15)16)9-19-12-6-3-5-11(8-12)14(17)18/h3,5-6,8,10H,2,4,7,9H2,1H3,(H,15,16). The average molecular weight is 267 g/mol. The van der Waals surface area contributed by atoms with Gasteiger partial charge in [-0.15, -0.1) is 0 Å². The van der Waals surface area contributed by atoms with Crippen LogP contribution >= 0.6 is 0 Å². The lowest BCUT2D eigenvalue weighted by Crippen LogP contribution is -2.09. The Morgan fingerprint density at radius 1 is 1.53 bits per heavy atom. The van der Waals surface area contributed by atoms with Crippen LogP contribution in [0.3, 0.4) is 0 Å². The van der Waals surface area contributed by atoms with E-state index in [1.54, 1.807) is 12.1 Å². The molecule has 6 nitrogen and oxygen atoms in total. The number of carboxylic acids is 1. The molecule has 0 bridgehead atoms. The highest BCUT2D eigenvalue weighted by Gasteiger charge is 2.08. The molecule has 0 radical (unpaired) electrons. The molecule has 1 N–H and O–H groups in total. The SMILES string of the molecule is CC(CCCC(=O)O)COc1cccc([N+](=O)[O-])c1. The van der Waals surface area contributed by atoms with E-state index < -0.39 is 10.9 Å². The zero-order valence-electron chi connectivity index (χ0n) is 10.7. The van der Waals surface area contributed by atoms with Crippen LogP contribution in [0.15, 0.2) is 24.3 Å². The van der Waals surface area contributed by atoms with Gasteiger partial charge in [-0.2, -0.15) is 0 Å². The first kappa shape index (κ1) is 14.9. The van der Waals surface area contributed by atoms with Crippen molar-refractivity contribution in [1.29, 1.82) is 0 Å². The van der Waals surface area contributed by atoms with Gasteiger partial charge in [-0.25, -0.2) is 0 Å². The highest BCUT2D eigenvalue weighted by Crippen LogP contribution is 2.20. The van der Waals surface area contributed by atoms with Crippen molar-refractivity contribution in [3.63, 3.8) is 0 Å². The first-order chi connectivity index (χ1) is 8.99. The molecule has 0 aliphatic heterocycles. The van der Waals surface area contributed by atoms with E-state index in [0.717, 1.165) is 6.42 Å². The molecular weight excluding hydrogens is 250 g/mol. The predicted octanol–water partition coefficient (Wildman–Crippen LogP) is 2.86.